The highest BCUT2D eigenvalue weighted by Gasteiger charge is 2.40. The molecule has 0 aromatic carbocycles. The molecule has 4 rings (SSSR count). The Morgan fingerprint density at radius 1 is 1.21 bits per heavy atom. The fraction of sp³-hybridized carbons (Fsp3) is 0.476. The molecular formula is C21H24B2F3N9O3. The molecular weight excluding hydrogens is 505 g/mol. The molecule has 1 aliphatic heterocycles. The van der Waals surface area contributed by atoms with Gasteiger partial charge in [-0.05, 0) is 6.92 Å². The lowest BCUT2D eigenvalue weighted by molar-refractivity contribution is -0.140. The number of alkyl halides is 3. The molecule has 0 radical (unpaired) electrons. The van der Waals surface area contributed by atoms with Crippen molar-refractivity contribution in [2.24, 2.45) is 0 Å². The SMILES string of the molecule is BC(B)(OCCC(=O)N1CCN(c2ncc(C#N)cn2)CC1)C(C)n1nc(C(F)(F)F)c2c(=O)[nH]ncc21. The molecule has 38 heavy (non-hydrogen) atoms. The van der Waals surface area contributed by atoms with E-state index < -0.39 is 34.3 Å². The maximum atomic E-state index is 13.5. The Labute approximate surface area is 216 Å². The molecule has 0 spiro atoms. The third-order valence-corrected chi connectivity index (χ3v) is 6.64. The molecule has 0 bridgehead atoms. The van der Waals surface area contributed by atoms with Crippen LogP contribution in [0.5, 0.6) is 0 Å². The summed E-state index contributed by atoms with van der Waals surface area (Å²) in [5, 5.41) is 16.6. The Balaban J connectivity index is 1.35. The topological polar surface area (TPSA) is 146 Å². The number of carbonyl (C=O) groups excluding carboxylic acids is 1. The van der Waals surface area contributed by atoms with Gasteiger partial charge in [-0.1, -0.05) is 0 Å². The molecule has 17 heteroatoms. The minimum absolute atomic E-state index is 0.0410. The van der Waals surface area contributed by atoms with Crippen LogP contribution in [-0.4, -0.2) is 94.6 Å². The van der Waals surface area contributed by atoms with Crippen LogP contribution in [0.15, 0.2) is 23.4 Å². The van der Waals surface area contributed by atoms with E-state index in [0.29, 0.717) is 37.7 Å². The van der Waals surface area contributed by atoms with E-state index >= 15 is 0 Å². The number of hydrogen-bond acceptors (Lipinski definition) is 9. The molecule has 1 atom stereocenters. The first-order valence-corrected chi connectivity index (χ1v) is 11.8. The zero-order chi connectivity index (χ0) is 27.7. The van der Waals surface area contributed by atoms with Crippen LogP contribution in [0.25, 0.3) is 10.9 Å². The number of H-pyrrole nitrogens is 1. The van der Waals surface area contributed by atoms with Crippen LogP contribution in [0.1, 0.15) is 30.6 Å². The van der Waals surface area contributed by atoms with Crippen LogP contribution < -0.4 is 10.5 Å². The largest absolute Gasteiger partial charge is 0.435 e. The summed E-state index contributed by atoms with van der Waals surface area (Å²) in [7, 11) is 3.36. The fourth-order valence-corrected chi connectivity index (χ4v) is 4.17. The third-order valence-electron chi connectivity index (χ3n) is 6.64. The molecule has 1 amide bonds. The summed E-state index contributed by atoms with van der Waals surface area (Å²) in [6.07, 6.45) is -0.726. The average molecular weight is 529 g/mol. The predicted octanol–water partition coefficient (Wildman–Crippen LogP) is -0.963. The number of nitriles is 1. The zero-order valence-electron chi connectivity index (χ0n) is 21.0. The molecule has 1 unspecified atom stereocenters. The van der Waals surface area contributed by atoms with Crippen LogP contribution in [0.3, 0.4) is 0 Å². The highest BCUT2D eigenvalue weighted by Crippen LogP contribution is 2.34. The van der Waals surface area contributed by atoms with Gasteiger partial charge >= 0.3 is 6.18 Å². The Morgan fingerprint density at radius 2 is 1.87 bits per heavy atom. The van der Waals surface area contributed by atoms with Gasteiger partial charge in [-0.3, -0.25) is 14.3 Å². The zero-order valence-corrected chi connectivity index (χ0v) is 21.0. The molecule has 3 aromatic rings. The first kappa shape index (κ1) is 27.1. The number of piperazine rings is 1. The van der Waals surface area contributed by atoms with Crippen molar-refractivity contribution in [2.75, 3.05) is 37.7 Å². The summed E-state index contributed by atoms with van der Waals surface area (Å²) in [6, 6.07) is 1.24. The maximum absolute atomic E-state index is 13.5. The van der Waals surface area contributed by atoms with Crippen molar-refractivity contribution >= 4 is 38.5 Å². The van der Waals surface area contributed by atoms with Gasteiger partial charge in [0.05, 0.1) is 48.7 Å². The van der Waals surface area contributed by atoms with Gasteiger partial charge in [-0.25, -0.2) is 15.1 Å². The minimum Gasteiger partial charge on any atom is -0.390 e. The number of nitrogens with zero attached hydrogens (tertiary/aromatic N) is 8. The summed E-state index contributed by atoms with van der Waals surface area (Å²) >= 11 is 0. The number of rotatable bonds is 7. The normalized spacial score (nSPS) is 15.4. The quantitative estimate of drug-likeness (QED) is 0.383. The number of halogens is 3. The number of aromatic amines is 1. The van der Waals surface area contributed by atoms with Gasteiger partial charge in [0.25, 0.3) is 5.56 Å². The Kier molecular flexibility index (Phi) is 7.45. The van der Waals surface area contributed by atoms with E-state index in [0.717, 1.165) is 10.9 Å². The lowest BCUT2D eigenvalue weighted by Gasteiger charge is -2.35. The molecule has 0 saturated carbocycles. The van der Waals surface area contributed by atoms with Crippen molar-refractivity contribution in [3.8, 4) is 6.07 Å². The van der Waals surface area contributed by atoms with E-state index in [1.165, 1.54) is 12.4 Å². The molecule has 0 aliphatic carbocycles. The summed E-state index contributed by atoms with van der Waals surface area (Å²) in [4.78, 5) is 36.8. The number of anilines is 1. The van der Waals surface area contributed by atoms with Gasteiger partial charge in [0.15, 0.2) is 5.69 Å². The van der Waals surface area contributed by atoms with Crippen molar-refractivity contribution in [1.29, 1.82) is 5.26 Å². The van der Waals surface area contributed by atoms with E-state index in [4.69, 9.17) is 10.00 Å². The Hall–Kier alpha value is -3.93. The highest BCUT2D eigenvalue weighted by atomic mass is 19.4. The van der Waals surface area contributed by atoms with E-state index in [9.17, 15) is 22.8 Å². The van der Waals surface area contributed by atoms with Crippen LogP contribution in [0, 0.1) is 11.3 Å². The van der Waals surface area contributed by atoms with Gasteiger partial charge < -0.3 is 14.5 Å². The van der Waals surface area contributed by atoms with Gasteiger partial charge in [0, 0.05) is 31.6 Å². The molecule has 4 heterocycles. The second-order valence-corrected chi connectivity index (χ2v) is 9.38. The summed E-state index contributed by atoms with van der Waals surface area (Å²) in [6.45, 7) is 3.65. The van der Waals surface area contributed by atoms with Crippen LogP contribution in [-0.2, 0) is 15.7 Å². The molecule has 1 saturated heterocycles. The third kappa shape index (κ3) is 5.49. The van der Waals surface area contributed by atoms with Gasteiger partial charge in [-0.15, -0.1) is 0 Å². The van der Waals surface area contributed by atoms with Crippen molar-refractivity contribution in [3.05, 3.63) is 40.2 Å². The minimum atomic E-state index is -4.83. The number of hydrogen-bond donors (Lipinski definition) is 1. The molecule has 12 nitrogen and oxygen atoms in total. The number of amides is 1. The van der Waals surface area contributed by atoms with Crippen molar-refractivity contribution in [2.45, 2.75) is 31.0 Å². The first-order valence-electron chi connectivity index (χ1n) is 11.8. The van der Waals surface area contributed by atoms with Crippen LogP contribution in [0.4, 0.5) is 19.1 Å². The van der Waals surface area contributed by atoms with Gasteiger partial charge in [0.1, 0.15) is 27.1 Å². The number of aromatic nitrogens is 6. The summed E-state index contributed by atoms with van der Waals surface area (Å²) in [5.74, 6) is 0.376. The van der Waals surface area contributed by atoms with Crippen molar-refractivity contribution < 1.29 is 22.7 Å². The van der Waals surface area contributed by atoms with Crippen molar-refractivity contribution in [3.63, 3.8) is 0 Å². The number of nitrogens with one attached hydrogen (secondary N) is 1. The standard InChI is InChI=1S/C21H24B2F3N9O3/c1-12(35-14-11-30-31-18(37)16(14)17(32-35)21(24,25)26)20(22,23)38-7-2-15(36)33-3-5-34(6-4-33)19-28-9-13(8-27)10-29-19/h9-12H,2-7,22-23H2,1H3,(H,31,37). The van der Waals surface area contributed by atoms with E-state index in [-0.39, 0.29) is 24.5 Å². The monoisotopic (exact) mass is 529 g/mol. The van der Waals surface area contributed by atoms with Gasteiger partial charge in [0.2, 0.25) is 11.9 Å². The molecule has 1 N–H and O–H groups in total. The van der Waals surface area contributed by atoms with E-state index in [2.05, 4.69) is 20.2 Å². The van der Waals surface area contributed by atoms with E-state index in [1.54, 1.807) is 27.5 Å². The number of fused-ring (bicyclic) bond motifs is 1. The molecule has 198 valence electrons. The summed E-state index contributed by atoms with van der Waals surface area (Å²) < 4.78 is 47.7. The highest BCUT2D eigenvalue weighted by molar-refractivity contribution is 6.39. The Morgan fingerprint density at radius 3 is 2.47 bits per heavy atom. The first-order chi connectivity index (χ1) is 17.9. The van der Waals surface area contributed by atoms with Crippen molar-refractivity contribution in [1.82, 2.24) is 34.8 Å². The average Bonchev–Trinajstić information content (AvgIpc) is 3.30. The molecule has 1 fully saturated rings. The fourth-order valence-electron chi connectivity index (χ4n) is 4.17. The smallest absolute Gasteiger partial charge is 0.390 e. The lowest BCUT2D eigenvalue weighted by atomic mass is 9.61. The molecule has 1 aliphatic rings. The van der Waals surface area contributed by atoms with Crippen LogP contribution >= 0.6 is 0 Å². The second-order valence-electron chi connectivity index (χ2n) is 9.38. The number of ether oxygens (including phenoxy) is 1. The maximum Gasteiger partial charge on any atom is 0.435 e. The summed E-state index contributed by atoms with van der Waals surface area (Å²) in [5.41, 5.74) is -1.97. The molecule has 3 aromatic heterocycles. The van der Waals surface area contributed by atoms with Crippen LogP contribution in [0.2, 0.25) is 0 Å². The predicted molar refractivity (Wildman–Crippen MR) is 134 cm³/mol. The van der Waals surface area contributed by atoms with E-state index in [1.807, 2.05) is 16.1 Å². The van der Waals surface area contributed by atoms with Gasteiger partial charge in [-0.2, -0.15) is 28.6 Å². The number of carbonyl (C=O) groups is 1. The second kappa shape index (κ2) is 10.4. The lowest BCUT2D eigenvalue weighted by Crippen LogP contribution is -2.49. The Bertz CT molecular complexity index is 1410.